The van der Waals surface area contributed by atoms with Crippen LogP contribution in [0.3, 0.4) is 0 Å². The average Bonchev–Trinajstić information content (AvgIpc) is 3.12. The van der Waals surface area contributed by atoms with Gasteiger partial charge in [0.25, 0.3) is 0 Å². The fourth-order valence-electron chi connectivity index (χ4n) is 4.05. The number of rotatable bonds is 10. The molecular weight excluding hydrogens is 340 g/mol. The van der Waals surface area contributed by atoms with Gasteiger partial charge in [0.2, 0.25) is 0 Å². The lowest BCUT2D eigenvalue weighted by Gasteiger charge is -2.27. The Labute approximate surface area is 161 Å². The van der Waals surface area contributed by atoms with Gasteiger partial charge < -0.3 is 19.7 Å². The third-order valence-electron chi connectivity index (χ3n) is 5.57. The Hall–Kier alpha value is -1.72. The molecule has 0 amide bonds. The van der Waals surface area contributed by atoms with E-state index in [0.29, 0.717) is 32.3 Å². The minimum absolute atomic E-state index is 0.0658. The molecule has 0 aromatic heterocycles. The van der Waals surface area contributed by atoms with Crippen molar-refractivity contribution in [3.05, 3.63) is 71.8 Å². The molecule has 2 aromatic carbocycles. The molecule has 2 N–H and O–H groups in total. The summed E-state index contributed by atoms with van der Waals surface area (Å²) >= 11 is 0. The van der Waals surface area contributed by atoms with E-state index >= 15 is 0 Å². The number of aliphatic hydroxyl groups excluding tert-OH is 2. The van der Waals surface area contributed by atoms with Gasteiger partial charge in [-0.2, -0.15) is 0 Å². The monoisotopic (exact) mass is 370 g/mol. The summed E-state index contributed by atoms with van der Waals surface area (Å²) in [7, 11) is 0. The molecule has 146 valence electrons. The Morgan fingerprint density at radius 3 is 1.93 bits per heavy atom. The van der Waals surface area contributed by atoms with E-state index in [-0.39, 0.29) is 18.4 Å². The molecule has 0 aliphatic heterocycles. The first-order valence-corrected chi connectivity index (χ1v) is 9.80. The van der Waals surface area contributed by atoms with E-state index in [2.05, 4.69) is 24.3 Å². The van der Waals surface area contributed by atoms with Crippen LogP contribution in [0, 0.1) is 17.8 Å². The Balaban J connectivity index is 1.52. The van der Waals surface area contributed by atoms with Gasteiger partial charge in [-0.3, -0.25) is 0 Å². The van der Waals surface area contributed by atoms with Gasteiger partial charge in [0.05, 0.1) is 39.1 Å². The summed E-state index contributed by atoms with van der Waals surface area (Å²) in [6.45, 7) is 2.20. The quantitative estimate of drug-likeness (QED) is 0.673. The first-order valence-electron chi connectivity index (χ1n) is 9.80. The second-order valence-corrected chi connectivity index (χ2v) is 7.42. The van der Waals surface area contributed by atoms with E-state index in [9.17, 15) is 10.2 Å². The van der Waals surface area contributed by atoms with Crippen molar-refractivity contribution >= 4 is 0 Å². The second-order valence-electron chi connectivity index (χ2n) is 7.42. The Kier molecular flexibility index (Phi) is 7.84. The van der Waals surface area contributed by atoms with Crippen LogP contribution in [0.25, 0.3) is 0 Å². The van der Waals surface area contributed by atoms with Crippen molar-refractivity contribution in [2.24, 2.45) is 17.8 Å². The number of hydrogen-bond donors (Lipinski definition) is 2. The molecule has 1 aliphatic carbocycles. The van der Waals surface area contributed by atoms with Gasteiger partial charge in [-0.1, -0.05) is 60.7 Å². The van der Waals surface area contributed by atoms with Gasteiger partial charge in [-0.15, -0.1) is 0 Å². The van der Waals surface area contributed by atoms with Gasteiger partial charge in [0, 0.05) is 0 Å². The number of aliphatic hydroxyl groups is 2. The SMILES string of the molecule is OC[C@@H](O)[C@H]1CC[C@H](COCc2ccccc2)[C@H]1COCc1ccccc1. The second kappa shape index (κ2) is 10.6. The lowest BCUT2D eigenvalue weighted by molar-refractivity contribution is -0.0206. The summed E-state index contributed by atoms with van der Waals surface area (Å²) in [6.07, 6.45) is 1.21. The van der Waals surface area contributed by atoms with Gasteiger partial charge in [-0.05, 0) is 41.7 Å². The van der Waals surface area contributed by atoms with E-state index in [4.69, 9.17) is 9.47 Å². The van der Waals surface area contributed by atoms with Crippen molar-refractivity contribution in [3.8, 4) is 0 Å². The molecule has 1 fully saturated rings. The maximum absolute atomic E-state index is 10.2. The van der Waals surface area contributed by atoms with Crippen molar-refractivity contribution in [1.82, 2.24) is 0 Å². The lowest BCUT2D eigenvalue weighted by Crippen LogP contribution is -2.33. The topological polar surface area (TPSA) is 58.9 Å². The zero-order valence-electron chi connectivity index (χ0n) is 15.7. The molecule has 0 spiro atoms. The molecule has 4 atom stereocenters. The first kappa shape index (κ1) is 20.0. The van der Waals surface area contributed by atoms with Crippen molar-refractivity contribution in [1.29, 1.82) is 0 Å². The Morgan fingerprint density at radius 2 is 1.37 bits per heavy atom. The zero-order chi connectivity index (χ0) is 18.9. The van der Waals surface area contributed by atoms with Crippen molar-refractivity contribution in [2.75, 3.05) is 19.8 Å². The molecule has 0 heterocycles. The van der Waals surface area contributed by atoms with Crippen LogP contribution in [0.4, 0.5) is 0 Å². The van der Waals surface area contributed by atoms with Crippen LogP contribution in [0.5, 0.6) is 0 Å². The molecule has 1 aliphatic rings. The summed E-state index contributed by atoms with van der Waals surface area (Å²) in [6, 6.07) is 20.3. The van der Waals surface area contributed by atoms with Crippen LogP contribution < -0.4 is 0 Å². The molecule has 4 nitrogen and oxygen atoms in total. The van der Waals surface area contributed by atoms with Crippen LogP contribution in [-0.4, -0.2) is 36.1 Å². The number of hydrogen-bond acceptors (Lipinski definition) is 4. The minimum Gasteiger partial charge on any atom is -0.394 e. The van der Waals surface area contributed by atoms with E-state index in [1.165, 1.54) is 5.56 Å². The molecule has 0 unspecified atom stereocenters. The van der Waals surface area contributed by atoms with Crippen molar-refractivity contribution in [2.45, 2.75) is 32.2 Å². The van der Waals surface area contributed by atoms with Crippen molar-refractivity contribution in [3.63, 3.8) is 0 Å². The maximum Gasteiger partial charge on any atom is 0.0802 e. The van der Waals surface area contributed by atoms with E-state index < -0.39 is 6.10 Å². The van der Waals surface area contributed by atoms with E-state index in [1.54, 1.807) is 0 Å². The first-order chi connectivity index (χ1) is 13.3. The summed E-state index contributed by atoms with van der Waals surface area (Å²) in [5.74, 6) is 0.610. The predicted octanol–water partition coefficient (Wildman–Crippen LogP) is 3.42. The normalized spacial score (nSPS) is 23.4. The standard InChI is InChI=1S/C23H30O4/c24-13-23(25)21-12-11-20(16-26-14-18-7-3-1-4-8-18)22(21)17-27-15-19-9-5-2-6-10-19/h1-10,20-25H,11-17H2/t20-,21+,22-,23-/m1/s1. The number of benzene rings is 2. The third kappa shape index (κ3) is 5.88. The maximum atomic E-state index is 10.2. The van der Waals surface area contributed by atoms with E-state index in [0.717, 1.165) is 18.4 Å². The molecule has 27 heavy (non-hydrogen) atoms. The highest BCUT2D eigenvalue weighted by Crippen LogP contribution is 2.39. The largest absolute Gasteiger partial charge is 0.394 e. The highest BCUT2D eigenvalue weighted by atomic mass is 16.5. The smallest absolute Gasteiger partial charge is 0.0802 e. The molecule has 0 bridgehead atoms. The molecule has 3 rings (SSSR count). The summed E-state index contributed by atoms with van der Waals surface area (Å²) in [5, 5.41) is 19.6. The van der Waals surface area contributed by atoms with Gasteiger partial charge in [0.1, 0.15) is 0 Å². The third-order valence-corrected chi connectivity index (χ3v) is 5.57. The predicted molar refractivity (Wildman–Crippen MR) is 105 cm³/mol. The van der Waals surface area contributed by atoms with Crippen LogP contribution >= 0.6 is 0 Å². The summed E-state index contributed by atoms with van der Waals surface area (Å²) in [5.41, 5.74) is 2.31. The fourth-order valence-corrected chi connectivity index (χ4v) is 4.05. The fraction of sp³-hybridized carbons (Fsp3) is 0.478. The highest BCUT2D eigenvalue weighted by molar-refractivity contribution is 5.14. The summed E-state index contributed by atoms with van der Waals surface area (Å²) in [4.78, 5) is 0. The van der Waals surface area contributed by atoms with Crippen LogP contribution in [-0.2, 0) is 22.7 Å². The van der Waals surface area contributed by atoms with Crippen LogP contribution in [0.15, 0.2) is 60.7 Å². The lowest BCUT2D eigenvalue weighted by atomic mass is 9.87. The molecule has 1 saturated carbocycles. The van der Waals surface area contributed by atoms with Crippen LogP contribution in [0.2, 0.25) is 0 Å². The Bertz CT molecular complexity index is 646. The Morgan fingerprint density at radius 1 is 0.815 bits per heavy atom. The highest BCUT2D eigenvalue weighted by Gasteiger charge is 2.39. The molecular formula is C23H30O4. The van der Waals surface area contributed by atoms with E-state index in [1.807, 2.05) is 36.4 Å². The summed E-state index contributed by atoms with van der Waals surface area (Å²) < 4.78 is 11.9. The molecule has 2 aromatic rings. The van der Waals surface area contributed by atoms with Crippen LogP contribution in [0.1, 0.15) is 24.0 Å². The van der Waals surface area contributed by atoms with Gasteiger partial charge in [-0.25, -0.2) is 0 Å². The number of ether oxygens (including phenoxy) is 2. The minimum atomic E-state index is -0.686. The molecule has 4 heteroatoms. The van der Waals surface area contributed by atoms with Gasteiger partial charge in [0.15, 0.2) is 0 Å². The zero-order valence-corrected chi connectivity index (χ0v) is 15.7. The van der Waals surface area contributed by atoms with Gasteiger partial charge >= 0.3 is 0 Å². The molecule has 0 saturated heterocycles. The van der Waals surface area contributed by atoms with Crippen molar-refractivity contribution < 1.29 is 19.7 Å². The molecule has 0 radical (unpaired) electrons. The average molecular weight is 370 g/mol.